The Morgan fingerprint density at radius 3 is 2.55 bits per heavy atom. The third-order valence-corrected chi connectivity index (χ3v) is 7.85. The largest absolute Gasteiger partial charge is 0.461 e. The van der Waals surface area contributed by atoms with E-state index >= 15 is 0 Å². The average molecular weight is 467 g/mol. The highest BCUT2D eigenvalue weighted by Crippen LogP contribution is 2.47. The lowest BCUT2D eigenvalue weighted by molar-refractivity contribution is -0.157. The second kappa shape index (κ2) is 8.93. The smallest absolute Gasteiger partial charge is 0.340 e. The van der Waals surface area contributed by atoms with Crippen LogP contribution in [-0.2, 0) is 9.53 Å². The molecule has 1 aromatic heterocycles. The lowest BCUT2D eigenvalue weighted by atomic mass is 9.64. The number of carbonyl (C=O) groups is 1. The van der Waals surface area contributed by atoms with Crippen molar-refractivity contribution < 1.29 is 14.6 Å². The molecule has 1 aliphatic carbocycles. The van der Waals surface area contributed by atoms with Crippen molar-refractivity contribution in [2.75, 3.05) is 18.0 Å². The number of aliphatic hydroxyl groups excluding tert-OH is 1. The van der Waals surface area contributed by atoms with Crippen LogP contribution in [0.1, 0.15) is 77.2 Å². The summed E-state index contributed by atoms with van der Waals surface area (Å²) in [4.78, 5) is 19.0. The van der Waals surface area contributed by atoms with Gasteiger partial charge in [0.2, 0.25) is 0 Å². The number of hydrogen-bond acceptors (Lipinski definition) is 5. The van der Waals surface area contributed by atoms with Gasteiger partial charge in [-0.3, -0.25) is 4.98 Å². The fraction of sp³-hybridized carbons (Fsp3) is 0.739. The van der Waals surface area contributed by atoms with Gasteiger partial charge < -0.3 is 14.7 Å². The van der Waals surface area contributed by atoms with Crippen LogP contribution in [-0.4, -0.2) is 35.3 Å². The molecule has 3 atom stereocenters. The number of halogens is 1. The van der Waals surface area contributed by atoms with E-state index in [0.29, 0.717) is 11.0 Å². The van der Waals surface area contributed by atoms with E-state index in [1.54, 1.807) is 20.0 Å². The number of anilines is 1. The fourth-order valence-corrected chi connectivity index (χ4v) is 5.26. The van der Waals surface area contributed by atoms with Gasteiger partial charge in [0, 0.05) is 24.8 Å². The summed E-state index contributed by atoms with van der Waals surface area (Å²) in [7, 11) is 0. The molecule has 0 aromatic carbocycles. The van der Waals surface area contributed by atoms with Crippen LogP contribution in [0.2, 0.25) is 0 Å². The zero-order valence-electron chi connectivity index (χ0n) is 18.4. The van der Waals surface area contributed by atoms with Gasteiger partial charge in [0.05, 0.1) is 22.0 Å². The van der Waals surface area contributed by atoms with Gasteiger partial charge in [-0.1, -0.05) is 20.3 Å². The maximum absolute atomic E-state index is 12.3. The van der Waals surface area contributed by atoms with Crippen LogP contribution in [0.3, 0.4) is 0 Å². The summed E-state index contributed by atoms with van der Waals surface area (Å²) in [6.07, 6.45) is 6.33. The Kier molecular flexibility index (Phi) is 6.94. The standard InChI is InChI=1S/C23H35BrN2O3/c1-14(2)29-22(28)21(27)18-13-25-16(4)19(24)20(18)26-10-8-23(5,9-11-26)12-17-7-6-15(17)3/h13-15,17,21,27H,6-12H2,1-5H3/t15?,17?,21-/m0/s1. The molecule has 0 radical (unpaired) electrons. The minimum absolute atomic E-state index is 0.271. The molecule has 0 bridgehead atoms. The zero-order valence-corrected chi connectivity index (χ0v) is 20.0. The van der Waals surface area contributed by atoms with Crippen LogP contribution < -0.4 is 4.90 Å². The second-order valence-corrected chi connectivity index (χ2v) is 10.5. The number of aromatic nitrogens is 1. The van der Waals surface area contributed by atoms with Crippen LogP contribution in [0.25, 0.3) is 0 Å². The number of aliphatic hydroxyl groups is 1. The highest BCUT2D eigenvalue weighted by Gasteiger charge is 2.38. The third-order valence-electron chi connectivity index (χ3n) is 6.91. The Balaban J connectivity index is 1.78. The minimum Gasteiger partial charge on any atom is -0.461 e. The molecule has 0 spiro atoms. The summed E-state index contributed by atoms with van der Waals surface area (Å²) in [5.74, 6) is 1.12. The van der Waals surface area contributed by atoms with Crippen molar-refractivity contribution in [1.82, 2.24) is 4.98 Å². The molecule has 3 rings (SSSR count). The molecule has 2 heterocycles. The van der Waals surface area contributed by atoms with Crippen molar-refractivity contribution in [3.05, 3.63) is 21.9 Å². The van der Waals surface area contributed by atoms with Crippen LogP contribution in [0, 0.1) is 24.2 Å². The van der Waals surface area contributed by atoms with Gasteiger partial charge in [-0.05, 0) is 79.6 Å². The predicted molar refractivity (Wildman–Crippen MR) is 119 cm³/mol. The van der Waals surface area contributed by atoms with Crippen molar-refractivity contribution in [2.45, 2.75) is 78.9 Å². The van der Waals surface area contributed by atoms with E-state index in [1.807, 2.05) is 6.92 Å². The van der Waals surface area contributed by atoms with Crippen LogP contribution in [0.5, 0.6) is 0 Å². The van der Waals surface area contributed by atoms with Crippen molar-refractivity contribution in [3.63, 3.8) is 0 Å². The Morgan fingerprint density at radius 2 is 2.03 bits per heavy atom. The molecule has 5 nitrogen and oxygen atoms in total. The van der Waals surface area contributed by atoms with Gasteiger partial charge in [0.25, 0.3) is 0 Å². The molecule has 6 heteroatoms. The lowest BCUT2D eigenvalue weighted by Gasteiger charge is -2.46. The first kappa shape index (κ1) is 22.5. The first-order chi connectivity index (χ1) is 13.6. The number of piperidine rings is 1. The quantitative estimate of drug-likeness (QED) is 0.585. The van der Waals surface area contributed by atoms with E-state index in [2.05, 4.69) is 39.7 Å². The minimum atomic E-state index is -1.33. The van der Waals surface area contributed by atoms with E-state index in [0.717, 1.165) is 53.6 Å². The van der Waals surface area contributed by atoms with Gasteiger partial charge >= 0.3 is 5.97 Å². The first-order valence-electron chi connectivity index (χ1n) is 10.9. The maximum Gasteiger partial charge on any atom is 0.340 e. The SMILES string of the molecule is Cc1ncc([C@H](O)C(=O)OC(C)C)c(N2CCC(C)(CC3CCC3C)CC2)c1Br. The molecule has 1 saturated carbocycles. The van der Waals surface area contributed by atoms with Gasteiger partial charge in [-0.2, -0.15) is 0 Å². The summed E-state index contributed by atoms with van der Waals surface area (Å²) >= 11 is 3.66. The van der Waals surface area contributed by atoms with Crippen molar-refractivity contribution in [1.29, 1.82) is 0 Å². The highest BCUT2D eigenvalue weighted by atomic mass is 79.9. The molecular weight excluding hydrogens is 432 g/mol. The number of ether oxygens (including phenoxy) is 1. The number of carbonyl (C=O) groups excluding carboxylic acids is 1. The molecule has 0 amide bonds. The molecule has 1 aliphatic heterocycles. The fourth-order valence-electron chi connectivity index (χ4n) is 4.67. The first-order valence-corrected chi connectivity index (χ1v) is 11.7. The summed E-state index contributed by atoms with van der Waals surface area (Å²) in [5, 5.41) is 10.7. The summed E-state index contributed by atoms with van der Waals surface area (Å²) < 4.78 is 6.08. The summed E-state index contributed by atoms with van der Waals surface area (Å²) in [6, 6.07) is 0. The van der Waals surface area contributed by atoms with Crippen molar-refractivity contribution in [2.24, 2.45) is 17.3 Å². The predicted octanol–water partition coefficient (Wildman–Crippen LogP) is 5.18. The molecule has 1 saturated heterocycles. The van der Waals surface area contributed by atoms with Crippen LogP contribution in [0.15, 0.2) is 10.7 Å². The van der Waals surface area contributed by atoms with E-state index in [9.17, 15) is 9.90 Å². The topological polar surface area (TPSA) is 62.7 Å². The zero-order chi connectivity index (χ0) is 21.3. The monoisotopic (exact) mass is 466 g/mol. The maximum atomic E-state index is 12.3. The molecule has 2 fully saturated rings. The Labute approximate surface area is 183 Å². The Hall–Kier alpha value is -1.14. The van der Waals surface area contributed by atoms with E-state index in [-0.39, 0.29) is 6.10 Å². The van der Waals surface area contributed by atoms with Crippen molar-refractivity contribution in [3.8, 4) is 0 Å². The average Bonchev–Trinajstić information content (AvgIpc) is 2.67. The number of aryl methyl sites for hydroxylation is 1. The molecular formula is C23H35BrN2O3. The second-order valence-electron chi connectivity index (χ2n) is 9.67. The van der Waals surface area contributed by atoms with Gasteiger partial charge in [-0.15, -0.1) is 0 Å². The lowest BCUT2D eigenvalue weighted by Crippen LogP contribution is -2.42. The van der Waals surface area contributed by atoms with Gasteiger partial charge in [0.15, 0.2) is 6.10 Å². The molecule has 2 unspecified atom stereocenters. The molecule has 29 heavy (non-hydrogen) atoms. The third kappa shape index (κ3) is 4.96. The summed E-state index contributed by atoms with van der Waals surface area (Å²) in [6.45, 7) is 12.1. The Morgan fingerprint density at radius 1 is 1.38 bits per heavy atom. The molecule has 1 aromatic rings. The van der Waals surface area contributed by atoms with E-state index in [1.165, 1.54) is 19.3 Å². The van der Waals surface area contributed by atoms with E-state index < -0.39 is 12.1 Å². The number of rotatable bonds is 6. The summed E-state index contributed by atoms with van der Waals surface area (Å²) in [5.41, 5.74) is 2.62. The normalized spacial score (nSPS) is 24.9. The molecule has 2 aliphatic rings. The number of nitrogens with zero attached hydrogens (tertiary/aromatic N) is 2. The van der Waals surface area contributed by atoms with E-state index in [4.69, 9.17) is 4.74 Å². The van der Waals surface area contributed by atoms with Crippen molar-refractivity contribution >= 4 is 27.6 Å². The molecule has 1 N–H and O–H groups in total. The van der Waals surface area contributed by atoms with Crippen LogP contribution >= 0.6 is 15.9 Å². The highest BCUT2D eigenvalue weighted by molar-refractivity contribution is 9.10. The molecule has 162 valence electrons. The number of hydrogen-bond donors (Lipinski definition) is 1. The number of pyridine rings is 1. The van der Waals surface area contributed by atoms with Gasteiger partial charge in [-0.25, -0.2) is 4.79 Å². The van der Waals surface area contributed by atoms with Crippen LogP contribution in [0.4, 0.5) is 5.69 Å². The number of esters is 1. The van der Waals surface area contributed by atoms with Gasteiger partial charge in [0.1, 0.15) is 0 Å². The Bertz CT molecular complexity index is 744.